The van der Waals surface area contributed by atoms with Crippen LogP contribution in [0.2, 0.25) is 0 Å². The number of benzene rings is 4. The zero-order valence-corrected chi connectivity index (χ0v) is 23.2. The monoisotopic (exact) mass is 564 g/mol. The van der Waals surface area contributed by atoms with Crippen molar-refractivity contribution in [2.45, 2.75) is 49.3 Å². The van der Waals surface area contributed by atoms with Gasteiger partial charge in [-0.05, 0) is 25.8 Å². The Labute approximate surface area is 232 Å². The fourth-order valence-electron chi connectivity index (χ4n) is 8.11. The highest BCUT2D eigenvalue weighted by Crippen LogP contribution is 2.68. The van der Waals surface area contributed by atoms with Crippen LogP contribution in [0.25, 0.3) is 38.1 Å². The Bertz CT molecular complexity index is 2030. The minimum Gasteiger partial charge on any atom is -0.509 e. The van der Waals surface area contributed by atoms with Gasteiger partial charge >= 0.3 is 0 Å². The fourth-order valence-corrected chi connectivity index (χ4v) is 8.11. The van der Waals surface area contributed by atoms with Gasteiger partial charge < -0.3 is 44.1 Å². The van der Waals surface area contributed by atoms with E-state index >= 15 is 0 Å². The lowest BCUT2D eigenvalue weighted by molar-refractivity contribution is -0.376. The summed E-state index contributed by atoms with van der Waals surface area (Å²) in [6.45, 7) is 3.05. The minimum absolute atomic E-state index is 0.0398. The van der Waals surface area contributed by atoms with Gasteiger partial charge in [0.2, 0.25) is 5.79 Å². The summed E-state index contributed by atoms with van der Waals surface area (Å²) in [4.78, 5) is 27.2. The number of fused-ring (bicyclic) bond motifs is 3. The molecular weight excluding hydrogens is 536 g/mol. The molecule has 11 nitrogen and oxygen atoms in total. The van der Waals surface area contributed by atoms with Crippen molar-refractivity contribution in [2.75, 3.05) is 28.4 Å². The van der Waals surface area contributed by atoms with E-state index in [0.717, 1.165) is 0 Å². The van der Waals surface area contributed by atoms with Gasteiger partial charge in [-0.15, -0.1) is 0 Å². The van der Waals surface area contributed by atoms with Gasteiger partial charge in [0.1, 0.15) is 29.0 Å². The molecule has 0 amide bonds. The van der Waals surface area contributed by atoms with E-state index in [2.05, 4.69) is 0 Å². The standard InChI is InChI=1S/C30H28O11/c1-10-9-29-22-20-16(25(34)27(29)40-6)12(32)8-14(38-4)18(20)17-13(37-3)7-11(31)15-19(17)21(22)23(26(39-5)24(15)33)30(36,41-10)28(29,2)35/h7-8,10,27,33-36H,9H2,1-6H3. The molecule has 1 heterocycles. The highest BCUT2D eigenvalue weighted by molar-refractivity contribution is 6.30. The molecule has 5 atom stereocenters. The maximum absolute atomic E-state index is 13.7. The quantitative estimate of drug-likeness (QED) is 0.210. The molecule has 11 heteroatoms. The molecule has 1 spiro atoms. The molecule has 1 fully saturated rings. The van der Waals surface area contributed by atoms with Crippen molar-refractivity contribution in [1.82, 2.24) is 0 Å². The summed E-state index contributed by atoms with van der Waals surface area (Å²) >= 11 is 0. The molecule has 4 aromatic rings. The van der Waals surface area contributed by atoms with Gasteiger partial charge in [0.25, 0.3) is 0 Å². The zero-order valence-electron chi connectivity index (χ0n) is 23.2. The van der Waals surface area contributed by atoms with E-state index in [9.17, 15) is 30.0 Å². The minimum atomic E-state index is -2.53. The predicted molar refractivity (Wildman–Crippen MR) is 147 cm³/mol. The third-order valence-corrected chi connectivity index (χ3v) is 9.57. The van der Waals surface area contributed by atoms with Crippen LogP contribution in [-0.2, 0) is 20.7 Å². The Morgan fingerprint density at radius 2 is 1.44 bits per heavy atom. The topological polar surface area (TPSA) is 161 Å². The first kappa shape index (κ1) is 26.0. The largest absolute Gasteiger partial charge is 0.509 e. The highest BCUT2D eigenvalue weighted by atomic mass is 16.7. The number of aromatic hydroxyl groups is 1. The highest BCUT2D eigenvalue weighted by Gasteiger charge is 2.74. The first-order chi connectivity index (χ1) is 19.4. The molecular formula is C30H28O11. The maximum Gasteiger partial charge on any atom is 0.227 e. The number of methoxy groups -OCH3 is 4. The molecule has 1 aliphatic heterocycles. The SMILES string of the molecule is COc1c2c3c4c5c(c(=O)cc(OC)c5c5c(OC)cc(=O)c(c1O)c35)=C(O)C(OC)C41CC(C)OC2(O)C1(C)O. The molecule has 214 valence electrons. The predicted octanol–water partition coefficient (Wildman–Crippen LogP) is 1.41. The van der Waals surface area contributed by atoms with Crippen LogP contribution in [0, 0.1) is 0 Å². The summed E-state index contributed by atoms with van der Waals surface area (Å²) in [5.74, 6) is -3.56. The van der Waals surface area contributed by atoms with Gasteiger partial charge in [-0.1, -0.05) is 0 Å². The van der Waals surface area contributed by atoms with Crippen LogP contribution in [0.4, 0.5) is 0 Å². The number of aliphatic hydroxyl groups excluding tert-OH is 1. The van der Waals surface area contributed by atoms with E-state index in [-0.39, 0.29) is 56.0 Å². The summed E-state index contributed by atoms with van der Waals surface area (Å²) in [6.07, 6.45) is -2.00. The summed E-state index contributed by atoms with van der Waals surface area (Å²) < 4.78 is 29.0. The van der Waals surface area contributed by atoms with Crippen LogP contribution in [0.1, 0.15) is 31.4 Å². The molecule has 4 aromatic carbocycles. The van der Waals surface area contributed by atoms with Gasteiger partial charge in [0.05, 0.1) is 49.0 Å². The zero-order chi connectivity index (χ0) is 29.5. The number of ether oxygens (including phenoxy) is 5. The second kappa shape index (κ2) is 7.68. The van der Waals surface area contributed by atoms with Crippen molar-refractivity contribution in [3.63, 3.8) is 0 Å². The molecule has 0 aromatic heterocycles. The molecule has 2 bridgehead atoms. The Morgan fingerprint density at radius 3 is 2.02 bits per heavy atom. The molecule has 5 unspecified atom stereocenters. The molecule has 0 saturated carbocycles. The van der Waals surface area contributed by atoms with Crippen LogP contribution in [0.3, 0.4) is 0 Å². The summed E-state index contributed by atoms with van der Waals surface area (Å²) in [5.41, 5.74) is -4.79. The van der Waals surface area contributed by atoms with Crippen molar-refractivity contribution in [3.05, 3.63) is 48.9 Å². The van der Waals surface area contributed by atoms with Crippen LogP contribution >= 0.6 is 0 Å². The molecule has 41 heavy (non-hydrogen) atoms. The van der Waals surface area contributed by atoms with Gasteiger partial charge in [-0.2, -0.15) is 0 Å². The number of phenolic OH excluding ortho intramolecular Hbond substituents is 1. The molecule has 0 radical (unpaired) electrons. The number of hydrogen-bond donors (Lipinski definition) is 4. The number of aliphatic hydroxyl groups is 3. The smallest absolute Gasteiger partial charge is 0.227 e. The van der Waals surface area contributed by atoms with E-state index < -0.39 is 51.4 Å². The molecule has 3 aliphatic rings. The first-order valence-corrected chi connectivity index (χ1v) is 13.0. The maximum atomic E-state index is 13.7. The van der Waals surface area contributed by atoms with Crippen LogP contribution in [0.5, 0.6) is 23.0 Å². The van der Waals surface area contributed by atoms with Crippen molar-refractivity contribution >= 4 is 38.1 Å². The van der Waals surface area contributed by atoms with Crippen molar-refractivity contribution in [2.24, 2.45) is 0 Å². The average Bonchev–Trinajstić information content (AvgIpc) is 2.91. The molecule has 7 rings (SSSR count). The lowest BCUT2D eigenvalue weighted by Gasteiger charge is -2.63. The van der Waals surface area contributed by atoms with Crippen molar-refractivity contribution < 1.29 is 44.1 Å². The van der Waals surface area contributed by atoms with Gasteiger partial charge in [0, 0.05) is 46.2 Å². The molecule has 1 saturated heterocycles. The lowest BCUT2D eigenvalue weighted by Crippen LogP contribution is -2.75. The van der Waals surface area contributed by atoms with Crippen molar-refractivity contribution in [3.8, 4) is 23.0 Å². The van der Waals surface area contributed by atoms with E-state index in [1.807, 2.05) is 0 Å². The Balaban J connectivity index is 2.02. The lowest BCUT2D eigenvalue weighted by atomic mass is 9.49. The van der Waals surface area contributed by atoms with Gasteiger partial charge in [-0.3, -0.25) is 9.59 Å². The average molecular weight is 565 g/mol. The number of phenols is 1. The van der Waals surface area contributed by atoms with E-state index in [1.54, 1.807) is 6.92 Å². The van der Waals surface area contributed by atoms with Crippen LogP contribution < -0.4 is 30.3 Å². The van der Waals surface area contributed by atoms with E-state index in [4.69, 9.17) is 23.7 Å². The molecule has 4 N–H and O–H groups in total. The Hall–Kier alpha value is -3.90. The van der Waals surface area contributed by atoms with Gasteiger partial charge in [0.15, 0.2) is 22.4 Å². The second-order valence-corrected chi connectivity index (χ2v) is 11.2. The third kappa shape index (κ3) is 2.48. The van der Waals surface area contributed by atoms with E-state index in [1.165, 1.54) is 47.5 Å². The van der Waals surface area contributed by atoms with Crippen LogP contribution in [0.15, 0.2) is 21.7 Å². The first-order valence-electron chi connectivity index (χ1n) is 13.0. The summed E-state index contributed by atoms with van der Waals surface area (Å²) in [7, 11) is 5.35. The second-order valence-electron chi connectivity index (χ2n) is 11.2. The Morgan fingerprint density at radius 1 is 0.829 bits per heavy atom. The third-order valence-electron chi connectivity index (χ3n) is 9.57. The summed E-state index contributed by atoms with van der Waals surface area (Å²) in [5, 5.41) is 49.4. The van der Waals surface area contributed by atoms with Crippen LogP contribution in [-0.4, -0.2) is 66.7 Å². The normalized spacial score (nSPS) is 30.0. The van der Waals surface area contributed by atoms with Crippen molar-refractivity contribution in [1.29, 1.82) is 0 Å². The Kier molecular flexibility index (Phi) is 4.88. The van der Waals surface area contributed by atoms with E-state index in [0.29, 0.717) is 16.3 Å². The fraction of sp³-hybridized carbons (Fsp3) is 0.400. The summed E-state index contributed by atoms with van der Waals surface area (Å²) in [6, 6.07) is 2.43. The number of rotatable bonds is 4. The number of hydrogen-bond acceptors (Lipinski definition) is 11. The van der Waals surface area contributed by atoms with Gasteiger partial charge in [-0.25, -0.2) is 0 Å². The molecule has 2 aliphatic carbocycles.